The van der Waals surface area contributed by atoms with Crippen LogP contribution in [-0.2, 0) is 10.3 Å². The molecule has 1 aromatic rings. The van der Waals surface area contributed by atoms with Crippen molar-refractivity contribution in [1.82, 2.24) is 5.32 Å². The summed E-state index contributed by atoms with van der Waals surface area (Å²) in [4.78, 5) is 12.1. The number of carbonyl (C=O) groups is 1. The van der Waals surface area contributed by atoms with E-state index in [-0.39, 0.29) is 5.91 Å². The fraction of sp³-hybridized carbons (Fsp3) is 0.562. The van der Waals surface area contributed by atoms with Gasteiger partial charge in [-0.15, -0.1) is 0 Å². The first-order valence-electron chi connectivity index (χ1n) is 7.21. The molecule has 3 N–H and O–H groups in total. The van der Waals surface area contributed by atoms with E-state index in [1.807, 2.05) is 30.3 Å². The standard InChI is InChI=1S/C16H26N2OS/c1-4-10-18-16(15(17)19,12-20-11-13(2)3)14-8-6-5-7-9-14/h5-9,13,18H,4,10-12H2,1-3H3,(H2,17,19). The van der Waals surface area contributed by atoms with Gasteiger partial charge in [-0.05, 0) is 30.2 Å². The molecule has 1 rings (SSSR count). The number of amides is 1. The highest BCUT2D eigenvalue weighted by atomic mass is 32.2. The quantitative estimate of drug-likeness (QED) is 0.736. The van der Waals surface area contributed by atoms with Crippen LogP contribution in [0.25, 0.3) is 0 Å². The van der Waals surface area contributed by atoms with E-state index in [0.29, 0.717) is 11.7 Å². The zero-order chi connectivity index (χ0) is 15.0. The summed E-state index contributed by atoms with van der Waals surface area (Å²) in [7, 11) is 0. The van der Waals surface area contributed by atoms with Gasteiger partial charge in [0.1, 0.15) is 5.54 Å². The molecule has 0 aromatic heterocycles. The molecular weight excluding hydrogens is 268 g/mol. The van der Waals surface area contributed by atoms with E-state index >= 15 is 0 Å². The van der Waals surface area contributed by atoms with Crippen LogP contribution in [0.4, 0.5) is 0 Å². The lowest BCUT2D eigenvalue weighted by Crippen LogP contribution is -2.55. The predicted molar refractivity (Wildman–Crippen MR) is 87.8 cm³/mol. The molecule has 4 heteroatoms. The maximum Gasteiger partial charge on any atom is 0.243 e. The number of carbonyl (C=O) groups excluding carboxylic acids is 1. The number of nitrogens with one attached hydrogen (secondary N) is 1. The van der Waals surface area contributed by atoms with Crippen molar-refractivity contribution in [1.29, 1.82) is 0 Å². The van der Waals surface area contributed by atoms with Gasteiger partial charge in [0.15, 0.2) is 0 Å². The fourth-order valence-electron chi connectivity index (χ4n) is 2.05. The molecule has 3 nitrogen and oxygen atoms in total. The largest absolute Gasteiger partial charge is 0.368 e. The molecule has 112 valence electrons. The average molecular weight is 294 g/mol. The van der Waals surface area contributed by atoms with Gasteiger partial charge < -0.3 is 5.73 Å². The van der Waals surface area contributed by atoms with Crippen molar-refractivity contribution in [2.45, 2.75) is 32.7 Å². The van der Waals surface area contributed by atoms with Gasteiger partial charge >= 0.3 is 0 Å². The highest BCUT2D eigenvalue weighted by molar-refractivity contribution is 7.99. The van der Waals surface area contributed by atoms with E-state index in [1.54, 1.807) is 11.8 Å². The van der Waals surface area contributed by atoms with E-state index in [9.17, 15) is 4.79 Å². The monoisotopic (exact) mass is 294 g/mol. The van der Waals surface area contributed by atoms with Crippen molar-refractivity contribution in [2.75, 3.05) is 18.1 Å². The van der Waals surface area contributed by atoms with Crippen molar-refractivity contribution in [3.05, 3.63) is 35.9 Å². The van der Waals surface area contributed by atoms with Crippen molar-refractivity contribution in [3.63, 3.8) is 0 Å². The third-order valence-corrected chi connectivity index (χ3v) is 4.67. The third-order valence-electron chi connectivity index (χ3n) is 3.13. The first-order chi connectivity index (χ1) is 9.53. The normalized spacial score (nSPS) is 14.2. The number of rotatable bonds is 9. The number of primary amides is 1. The van der Waals surface area contributed by atoms with Crippen molar-refractivity contribution in [2.24, 2.45) is 11.7 Å². The number of hydrogen-bond acceptors (Lipinski definition) is 3. The lowest BCUT2D eigenvalue weighted by atomic mass is 9.91. The Morgan fingerprint density at radius 2 is 2.00 bits per heavy atom. The van der Waals surface area contributed by atoms with Gasteiger partial charge in [-0.2, -0.15) is 11.8 Å². The van der Waals surface area contributed by atoms with Gasteiger partial charge in [-0.1, -0.05) is 51.1 Å². The number of benzene rings is 1. The molecule has 0 spiro atoms. The van der Waals surface area contributed by atoms with Crippen LogP contribution in [0.2, 0.25) is 0 Å². The summed E-state index contributed by atoms with van der Waals surface area (Å²) < 4.78 is 0. The smallest absolute Gasteiger partial charge is 0.243 e. The second-order valence-electron chi connectivity index (χ2n) is 5.47. The summed E-state index contributed by atoms with van der Waals surface area (Å²) in [6.07, 6.45) is 0.969. The topological polar surface area (TPSA) is 55.1 Å². The molecule has 0 saturated heterocycles. The van der Waals surface area contributed by atoms with Crippen LogP contribution in [0.3, 0.4) is 0 Å². The Balaban J connectivity index is 2.98. The van der Waals surface area contributed by atoms with E-state index in [4.69, 9.17) is 5.73 Å². The number of nitrogens with two attached hydrogens (primary N) is 1. The van der Waals surface area contributed by atoms with Gasteiger partial charge in [0.2, 0.25) is 5.91 Å². The molecule has 20 heavy (non-hydrogen) atoms. The number of hydrogen-bond donors (Lipinski definition) is 2. The Kier molecular flexibility index (Phi) is 7.10. The predicted octanol–water partition coefficient (Wildman–Crippen LogP) is 2.76. The van der Waals surface area contributed by atoms with Crippen LogP contribution in [0, 0.1) is 5.92 Å². The second-order valence-corrected chi connectivity index (χ2v) is 6.50. The zero-order valence-corrected chi connectivity index (χ0v) is 13.5. The van der Waals surface area contributed by atoms with E-state index < -0.39 is 5.54 Å². The van der Waals surface area contributed by atoms with E-state index in [1.165, 1.54) is 0 Å². The third kappa shape index (κ3) is 4.53. The van der Waals surface area contributed by atoms with Gasteiger partial charge in [-0.3, -0.25) is 10.1 Å². The molecular formula is C16H26N2OS. The summed E-state index contributed by atoms with van der Waals surface area (Å²) in [6, 6.07) is 9.81. The summed E-state index contributed by atoms with van der Waals surface area (Å²) in [5, 5.41) is 3.38. The molecule has 1 atom stereocenters. The van der Waals surface area contributed by atoms with Crippen LogP contribution in [0.15, 0.2) is 30.3 Å². The van der Waals surface area contributed by atoms with Crippen molar-refractivity contribution < 1.29 is 4.79 Å². The molecule has 0 aliphatic rings. The van der Waals surface area contributed by atoms with Crippen molar-refractivity contribution in [3.8, 4) is 0 Å². The summed E-state index contributed by atoms with van der Waals surface area (Å²) >= 11 is 1.78. The molecule has 0 saturated carbocycles. The molecule has 0 fully saturated rings. The van der Waals surface area contributed by atoms with Crippen LogP contribution < -0.4 is 11.1 Å². The molecule has 1 unspecified atom stereocenters. The Morgan fingerprint density at radius 1 is 1.35 bits per heavy atom. The fourth-order valence-corrected chi connectivity index (χ4v) is 3.35. The van der Waals surface area contributed by atoms with Gasteiger partial charge in [-0.25, -0.2) is 0 Å². The maximum atomic E-state index is 12.1. The summed E-state index contributed by atoms with van der Waals surface area (Å²) in [5.74, 6) is 2.00. The highest BCUT2D eigenvalue weighted by Gasteiger charge is 2.37. The second kappa shape index (κ2) is 8.32. The SMILES string of the molecule is CCCNC(CSCC(C)C)(C(N)=O)c1ccccc1. The minimum atomic E-state index is -0.767. The summed E-state index contributed by atoms with van der Waals surface area (Å²) in [6.45, 7) is 7.23. The van der Waals surface area contributed by atoms with E-state index in [0.717, 1.165) is 24.3 Å². The Hall–Kier alpha value is -1.00. The molecule has 0 heterocycles. The molecule has 1 amide bonds. The Labute approximate surface area is 126 Å². The average Bonchev–Trinajstić information content (AvgIpc) is 2.43. The minimum absolute atomic E-state index is 0.298. The van der Waals surface area contributed by atoms with Crippen LogP contribution in [0.1, 0.15) is 32.8 Å². The first-order valence-corrected chi connectivity index (χ1v) is 8.36. The lowest BCUT2D eigenvalue weighted by molar-refractivity contribution is -0.123. The van der Waals surface area contributed by atoms with E-state index in [2.05, 4.69) is 26.1 Å². The molecule has 0 aliphatic heterocycles. The highest BCUT2D eigenvalue weighted by Crippen LogP contribution is 2.27. The lowest BCUT2D eigenvalue weighted by Gasteiger charge is -2.32. The van der Waals surface area contributed by atoms with Crippen molar-refractivity contribution >= 4 is 17.7 Å². The molecule has 0 radical (unpaired) electrons. The Morgan fingerprint density at radius 3 is 2.50 bits per heavy atom. The number of thioether (sulfide) groups is 1. The van der Waals surface area contributed by atoms with Crippen LogP contribution >= 0.6 is 11.8 Å². The van der Waals surface area contributed by atoms with Crippen LogP contribution in [0.5, 0.6) is 0 Å². The maximum absolute atomic E-state index is 12.1. The van der Waals surface area contributed by atoms with Gasteiger partial charge in [0.05, 0.1) is 0 Å². The Bertz CT molecular complexity index is 408. The molecule has 0 aliphatic carbocycles. The molecule has 0 bridgehead atoms. The van der Waals surface area contributed by atoms with Crippen LogP contribution in [-0.4, -0.2) is 24.0 Å². The molecule has 1 aromatic carbocycles. The van der Waals surface area contributed by atoms with Gasteiger partial charge in [0.25, 0.3) is 0 Å². The van der Waals surface area contributed by atoms with Gasteiger partial charge in [0, 0.05) is 5.75 Å². The summed E-state index contributed by atoms with van der Waals surface area (Å²) in [5.41, 5.74) is 5.94. The minimum Gasteiger partial charge on any atom is -0.368 e. The zero-order valence-electron chi connectivity index (χ0n) is 12.7. The first kappa shape index (κ1) is 17.1.